The average Bonchev–Trinajstić information content (AvgIpc) is 2.37. The summed E-state index contributed by atoms with van der Waals surface area (Å²) in [6.45, 7) is 7.40. The van der Waals surface area contributed by atoms with E-state index in [0.29, 0.717) is 0 Å². The summed E-state index contributed by atoms with van der Waals surface area (Å²) in [4.78, 5) is 0. The van der Waals surface area contributed by atoms with Crippen molar-refractivity contribution in [2.45, 2.75) is 71.6 Å². The van der Waals surface area contributed by atoms with E-state index < -0.39 is 0 Å². The molecule has 2 rings (SSSR count). The average molecular weight is 251 g/mol. The Morgan fingerprint density at radius 3 is 2.33 bits per heavy atom. The second-order valence-electron chi connectivity index (χ2n) is 7.26. The molecule has 0 aliphatic heterocycles. The predicted octanol–water partition coefficient (Wildman–Crippen LogP) is 4.62. The van der Waals surface area contributed by atoms with Gasteiger partial charge in [0.1, 0.15) is 0 Å². The molecule has 1 nitrogen and oxygen atoms in total. The lowest BCUT2D eigenvalue weighted by atomic mass is 9.81. The Hall–Kier alpha value is -0.0400. The van der Waals surface area contributed by atoms with Crippen molar-refractivity contribution in [2.75, 3.05) is 13.1 Å². The van der Waals surface area contributed by atoms with Crippen LogP contribution >= 0.6 is 0 Å². The van der Waals surface area contributed by atoms with Crippen molar-refractivity contribution in [1.29, 1.82) is 0 Å². The zero-order valence-electron chi connectivity index (χ0n) is 12.6. The van der Waals surface area contributed by atoms with E-state index in [-0.39, 0.29) is 0 Å². The highest BCUT2D eigenvalue weighted by Crippen LogP contribution is 2.30. The molecule has 2 fully saturated rings. The molecule has 106 valence electrons. The second kappa shape index (κ2) is 7.53. The van der Waals surface area contributed by atoms with Gasteiger partial charge in [-0.1, -0.05) is 46.0 Å². The first-order chi connectivity index (χ1) is 8.74. The molecule has 0 saturated heterocycles. The maximum Gasteiger partial charge on any atom is -0.00205 e. The van der Waals surface area contributed by atoms with Gasteiger partial charge in [0, 0.05) is 0 Å². The van der Waals surface area contributed by atoms with Crippen LogP contribution in [0.15, 0.2) is 0 Å². The molecule has 18 heavy (non-hydrogen) atoms. The molecule has 2 aliphatic carbocycles. The van der Waals surface area contributed by atoms with Crippen LogP contribution in [0.3, 0.4) is 0 Å². The molecule has 0 aromatic rings. The van der Waals surface area contributed by atoms with Crippen molar-refractivity contribution in [3.05, 3.63) is 0 Å². The van der Waals surface area contributed by atoms with Crippen LogP contribution in [0, 0.1) is 23.7 Å². The zero-order valence-corrected chi connectivity index (χ0v) is 12.6. The third-order valence-corrected chi connectivity index (χ3v) is 5.34. The highest BCUT2D eigenvalue weighted by molar-refractivity contribution is 4.74. The summed E-state index contributed by atoms with van der Waals surface area (Å²) in [5, 5.41) is 3.73. The smallest absolute Gasteiger partial charge is 0.00205 e. The van der Waals surface area contributed by atoms with Gasteiger partial charge < -0.3 is 5.32 Å². The zero-order chi connectivity index (χ0) is 12.8. The van der Waals surface area contributed by atoms with Gasteiger partial charge in [-0.15, -0.1) is 0 Å². The third kappa shape index (κ3) is 4.91. The van der Waals surface area contributed by atoms with Crippen molar-refractivity contribution < 1.29 is 0 Å². The van der Waals surface area contributed by atoms with Crippen LogP contribution in [-0.4, -0.2) is 13.1 Å². The van der Waals surface area contributed by atoms with Crippen molar-refractivity contribution >= 4 is 0 Å². The van der Waals surface area contributed by atoms with Gasteiger partial charge in [0.2, 0.25) is 0 Å². The minimum Gasteiger partial charge on any atom is -0.316 e. The van der Waals surface area contributed by atoms with Gasteiger partial charge in [-0.3, -0.25) is 0 Å². The molecule has 2 atom stereocenters. The van der Waals surface area contributed by atoms with Crippen LogP contribution in [0.2, 0.25) is 0 Å². The van der Waals surface area contributed by atoms with Crippen LogP contribution in [-0.2, 0) is 0 Å². The molecule has 0 bridgehead atoms. The molecule has 0 heterocycles. The summed E-state index contributed by atoms with van der Waals surface area (Å²) in [6, 6.07) is 0. The molecule has 2 saturated carbocycles. The summed E-state index contributed by atoms with van der Waals surface area (Å²) in [6.07, 6.45) is 13.2. The Balaban J connectivity index is 1.50. The van der Waals surface area contributed by atoms with Crippen molar-refractivity contribution in [1.82, 2.24) is 5.32 Å². The molecule has 0 amide bonds. The van der Waals surface area contributed by atoms with E-state index in [2.05, 4.69) is 19.2 Å². The third-order valence-electron chi connectivity index (χ3n) is 5.34. The molecule has 0 aromatic carbocycles. The summed E-state index contributed by atoms with van der Waals surface area (Å²) in [5.74, 6) is 3.98. The van der Waals surface area contributed by atoms with Gasteiger partial charge >= 0.3 is 0 Å². The second-order valence-corrected chi connectivity index (χ2v) is 7.26. The van der Waals surface area contributed by atoms with Gasteiger partial charge in [0.05, 0.1) is 0 Å². The van der Waals surface area contributed by atoms with Gasteiger partial charge in [0.25, 0.3) is 0 Å². The van der Waals surface area contributed by atoms with Crippen molar-refractivity contribution in [3.8, 4) is 0 Å². The SMILES string of the molecule is CC1CCC(CNCCC2CCCC(C)C2)CC1. The Bertz CT molecular complexity index is 218. The molecule has 0 aromatic heterocycles. The first-order valence-corrected chi connectivity index (χ1v) is 8.44. The first-order valence-electron chi connectivity index (χ1n) is 8.44. The summed E-state index contributed by atoms with van der Waals surface area (Å²) in [7, 11) is 0. The maximum absolute atomic E-state index is 3.73. The Morgan fingerprint density at radius 1 is 0.833 bits per heavy atom. The Kier molecular flexibility index (Phi) is 6.01. The molecular formula is C17H33N. The Morgan fingerprint density at radius 2 is 1.61 bits per heavy atom. The molecular weight excluding hydrogens is 218 g/mol. The Labute approximate surface area is 114 Å². The van der Waals surface area contributed by atoms with Crippen LogP contribution in [0.25, 0.3) is 0 Å². The summed E-state index contributed by atoms with van der Waals surface area (Å²) < 4.78 is 0. The topological polar surface area (TPSA) is 12.0 Å². The highest BCUT2D eigenvalue weighted by Gasteiger charge is 2.19. The standard InChI is InChI=1S/C17H33N/c1-14-6-8-17(9-7-14)13-18-11-10-16-5-3-4-15(2)12-16/h14-18H,3-13H2,1-2H3. The number of nitrogens with one attached hydrogen (secondary N) is 1. The fraction of sp³-hybridized carbons (Fsp3) is 1.00. The lowest BCUT2D eigenvalue weighted by Gasteiger charge is -2.28. The normalized spacial score (nSPS) is 37.7. The van der Waals surface area contributed by atoms with Crippen LogP contribution in [0.4, 0.5) is 0 Å². The summed E-state index contributed by atoms with van der Waals surface area (Å²) >= 11 is 0. The minimum atomic E-state index is 0.978. The lowest BCUT2D eigenvalue weighted by molar-refractivity contribution is 0.256. The van der Waals surface area contributed by atoms with Gasteiger partial charge in [-0.2, -0.15) is 0 Å². The molecule has 2 aliphatic rings. The van der Waals surface area contributed by atoms with Crippen molar-refractivity contribution in [3.63, 3.8) is 0 Å². The van der Waals surface area contributed by atoms with Crippen molar-refractivity contribution in [2.24, 2.45) is 23.7 Å². The van der Waals surface area contributed by atoms with E-state index in [1.54, 1.807) is 0 Å². The van der Waals surface area contributed by atoms with E-state index in [0.717, 1.165) is 23.7 Å². The minimum absolute atomic E-state index is 0.978. The van der Waals surface area contributed by atoms with E-state index >= 15 is 0 Å². The van der Waals surface area contributed by atoms with Gasteiger partial charge in [-0.25, -0.2) is 0 Å². The first kappa shape index (κ1) is 14.4. The molecule has 2 unspecified atom stereocenters. The van der Waals surface area contributed by atoms with Gasteiger partial charge in [0.15, 0.2) is 0 Å². The van der Waals surface area contributed by atoms with Crippen LogP contribution in [0.1, 0.15) is 71.6 Å². The quantitative estimate of drug-likeness (QED) is 0.703. The lowest BCUT2D eigenvalue weighted by Crippen LogP contribution is -2.28. The van der Waals surface area contributed by atoms with Crippen LogP contribution in [0.5, 0.6) is 0 Å². The fourth-order valence-corrected chi connectivity index (χ4v) is 3.97. The van der Waals surface area contributed by atoms with Gasteiger partial charge in [-0.05, 0) is 62.4 Å². The molecule has 1 N–H and O–H groups in total. The predicted molar refractivity (Wildman–Crippen MR) is 79.7 cm³/mol. The summed E-state index contributed by atoms with van der Waals surface area (Å²) in [5.41, 5.74) is 0. The number of rotatable bonds is 5. The highest BCUT2D eigenvalue weighted by atomic mass is 14.9. The van der Waals surface area contributed by atoms with E-state index in [1.807, 2.05) is 0 Å². The number of hydrogen-bond donors (Lipinski definition) is 1. The largest absolute Gasteiger partial charge is 0.316 e. The van der Waals surface area contributed by atoms with E-state index in [1.165, 1.54) is 70.9 Å². The fourth-order valence-electron chi connectivity index (χ4n) is 3.97. The maximum atomic E-state index is 3.73. The van der Waals surface area contributed by atoms with E-state index in [9.17, 15) is 0 Å². The molecule has 0 spiro atoms. The number of hydrogen-bond acceptors (Lipinski definition) is 1. The molecule has 1 heteroatoms. The van der Waals surface area contributed by atoms with Crippen LogP contribution < -0.4 is 5.32 Å². The monoisotopic (exact) mass is 251 g/mol. The van der Waals surface area contributed by atoms with E-state index in [4.69, 9.17) is 0 Å². The molecule has 0 radical (unpaired) electrons.